The summed E-state index contributed by atoms with van der Waals surface area (Å²) in [6.07, 6.45) is 3.11. The van der Waals surface area contributed by atoms with Gasteiger partial charge in [-0.25, -0.2) is 0 Å². The van der Waals surface area contributed by atoms with Crippen LogP contribution in [0.25, 0.3) is 0 Å². The second-order valence-corrected chi connectivity index (χ2v) is 6.90. The first-order chi connectivity index (χ1) is 11.1. The third-order valence-corrected chi connectivity index (χ3v) is 5.15. The van der Waals surface area contributed by atoms with Gasteiger partial charge in [-0.3, -0.25) is 4.99 Å². The van der Waals surface area contributed by atoms with Crippen LogP contribution < -0.4 is 14.8 Å². The van der Waals surface area contributed by atoms with E-state index in [1.54, 1.807) is 14.2 Å². The van der Waals surface area contributed by atoms with Gasteiger partial charge in [0.15, 0.2) is 17.5 Å². The molecule has 0 fully saturated rings. The molecule has 0 spiro atoms. The standard InChI is InChI=1S/C17H27N3O2S.HI/c1-12(23-5)10-19-17(18-2)20-7-6-13-8-15(21-3)16(22-4)9-14(13)11-20;/h8-9,12H,6-7,10-11H2,1-5H3,(H,18,19);1H. The van der Waals surface area contributed by atoms with Crippen molar-refractivity contribution in [3.05, 3.63) is 23.3 Å². The number of ether oxygens (including phenoxy) is 2. The van der Waals surface area contributed by atoms with Gasteiger partial charge in [-0.1, -0.05) is 6.92 Å². The van der Waals surface area contributed by atoms with Gasteiger partial charge in [0.05, 0.1) is 14.2 Å². The number of methoxy groups -OCH3 is 2. The molecule has 0 radical (unpaired) electrons. The summed E-state index contributed by atoms with van der Waals surface area (Å²) in [5.74, 6) is 2.55. The molecule has 1 aliphatic heterocycles. The number of guanidine groups is 1. The maximum absolute atomic E-state index is 5.43. The van der Waals surface area contributed by atoms with Crippen molar-refractivity contribution in [2.45, 2.75) is 25.1 Å². The zero-order valence-electron chi connectivity index (χ0n) is 15.1. The van der Waals surface area contributed by atoms with E-state index in [0.29, 0.717) is 5.25 Å². The number of nitrogens with one attached hydrogen (secondary N) is 1. The van der Waals surface area contributed by atoms with E-state index in [9.17, 15) is 0 Å². The highest BCUT2D eigenvalue weighted by atomic mass is 127. The molecule has 1 aliphatic rings. The van der Waals surface area contributed by atoms with E-state index in [4.69, 9.17) is 9.47 Å². The molecule has 0 amide bonds. The normalized spacial score (nSPS) is 15.2. The Labute approximate surface area is 166 Å². The van der Waals surface area contributed by atoms with Crippen LogP contribution in [0.15, 0.2) is 17.1 Å². The van der Waals surface area contributed by atoms with Gasteiger partial charge in [0.1, 0.15) is 0 Å². The molecule has 0 saturated heterocycles. The molecule has 1 atom stereocenters. The van der Waals surface area contributed by atoms with Gasteiger partial charge in [0.25, 0.3) is 0 Å². The zero-order chi connectivity index (χ0) is 16.8. The van der Waals surface area contributed by atoms with Crippen LogP contribution in [0.4, 0.5) is 0 Å². The van der Waals surface area contributed by atoms with Crippen LogP contribution in [-0.4, -0.2) is 56.7 Å². The maximum atomic E-state index is 5.43. The van der Waals surface area contributed by atoms with Crippen molar-refractivity contribution in [2.75, 3.05) is 40.6 Å². The minimum atomic E-state index is 0. The highest BCUT2D eigenvalue weighted by Gasteiger charge is 2.21. The first-order valence-electron chi connectivity index (χ1n) is 7.85. The lowest BCUT2D eigenvalue weighted by atomic mass is 9.99. The quantitative estimate of drug-likeness (QED) is 0.412. The summed E-state index contributed by atoms with van der Waals surface area (Å²) in [6, 6.07) is 4.18. The SMILES string of the molecule is CN=C(NCC(C)SC)N1CCc2cc(OC)c(OC)cc2C1.I. The Morgan fingerprint density at radius 2 is 1.92 bits per heavy atom. The largest absolute Gasteiger partial charge is 0.493 e. The van der Waals surface area contributed by atoms with Gasteiger partial charge in [0.2, 0.25) is 0 Å². The predicted molar refractivity (Wildman–Crippen MR) is 113 cm³/mol. The molecule has 1 aromatic rings. The fourth-order valence-electron chi connectivity index (χ4n) is 2.71. The van der Waals surface area contributed by atoms with Crippen molar-refractivity contribution < 1.29 is 9.47 Å². The third-order valence-electron chi connectivity index (χ3n) is 4.18. The molecule has 1 N–H and O–H groups in total. The van der Waals surface area contributed by atoms with Crippen molar-refractivity contribution >= 4 is 41.7 Å². The minimum Gasteiger partial charge on any atom is -0.493 e. The van der Waals surface area contributed by atoms with Crippen molar-refractivity contribution in [1.82, 2.24) is 10.2 Å². The monoisotopic (exact) mass is 465 g/mol. The average molecular weight is 465 g/mol. The lowest BCUT2D eigenvalue weighted by molar-refractivity contribution is 0.346. The number of nitrogens with zero attached hydrogens (tertiary/aromatic N) is 2. The Balaban J connectivity index is 0.00000288. The summed E-state index contributed by atoms with van der Waals surface area (Å²) in [4.78, 5) is 6.73. The molecular weight excluding hydrogens is 437 g/mol. The molecule has 5 nitrogen and oxygen atoms in total. The van der Waals surface area contributed by atoms with Crippen molar-refractivity contribution in [3.63, 3.8) is 0 Å². The Hall–Kier alpha value is -0.830. The molecule has 136 valence electrons. The summed E-state index contributed by atoms with van der Waals surface area (Å²) in [7, 11) is 5.20. The van der Waals surface area contributed by atoms with Crippen LogP contribution in [0, 0.1) is 0 Å². The molecule has 2 rings (SSSR count). The first kappa shape index (κ1) is 21.2. The number of hydrogen-bond donors (Lipinski definition) is 1. The summed E-state index contributed by atoms with van der Waals surface area (Å²) in [5, 5.41) is 4.03. The summed E-state index contributed by atoms with van der Waals surface area (Å²) in [5.41, 5.74) is 2.60. The molecule has 0 aliphatic carbocycles. The van der Waals surface area contributed by atoms with E-state index in [1.807, 2.05) is 18.8 Å². The Morgan fingerprint density at radius 3 is 2.46 bits per heavy atom. The molecule has 24 heavy (non-hydrogen) atoms. The highest BCUT2D eigenvalue weighted by Crippen LogP contribution is 2.33. The van der Waals surface area contributed by atoms with Gasteiger partial charge in [-0.2, -0.15) is 11.8 Å². The zero-order valence-corrected chi connectivity index (χ0v) is 18.2. The molecule has 0 bridgehead atoms. The number of rotatable bonds is 5. The van der Waals surface area contributed by atoms with E-state index in [-0.39, 0.29) is 24.0 Å². The number of benzene rings is 1. The van der Waals surface area contributed by atoms with Crippen LogP contribution in [0.5, 0.6) is 11.5 Å². The Bertz CT molecular complexity index is 569. The first-order valence-corrected chi connectivity index (χ1v) is 9.13. The van der Waals surface area contributed by atoms with Crippen molar-refractivity contribution in [3.8, 4) is 11.5 Å². The molecule has 1 unspecified atom stereocenters. The summed E-state index contributed by atoms with van der Waals surface area (Å²) >= 11 is 1.86. The van der Waals surface area contributed by atoms with Crippen molar-refractivity contribution in [1.29, 1.82) is 0 Å². The highest BCUT2D eigenvalue weighted by molar-refractivity contribution is 14.0. The number of fused-ring (bicyclic) bond motifs is 1. The predicted octanol–water partition coefficient (Wildman–Crippen LogP) is 3.01. The Morgan fingerprint density at radius 1 is 1.29 bits per heavy atom. The molecule has 0 saturated carbocycles. The molecule has 1 heterocycles. The van der Waals surface area contributed by atoms with Crippen LogP contribution in [0.1, 0.15) is 18.1 Å². The van der Waals surface area contributed by atoms with Crippen LogP contribution in [-0.2, 0) is 13.0 Å². The lowest BCUT2D eigenvalue weighted by Gasteiger charge is -2.32. The van der Waals surface area contributed by atoms with Crippen LogP contribution in [0.3, 0.4) is 0 Å². The third kappa shape index (κ3) is 5.08. The van der Waals surface area contributed by atoms with Crippen LogP contribution >= 0.6 is 35.7 Å². The maximum Gasteiger partial charge on any atom is 0.193 e. The fraction of sp³-hybridized carbons (Fsp3) is 0.588. The fourth-order valence-corrected chi connectivity index (χ4v) is 2.96. The number of aliphatic imine (C=N–C) groups is 1. The van der Waals surface area contributed by atoms with E-state index in [2.05, 4.69) is 40.5 Å². The van der Waals surface area contributed by atoms with Gasteiger partial charge in [-0.15, -0.1) is 24.0 Å². The molecule has 7 heteroatoms. The lowest BCUT2D eigenvalue weighted by Crippen LogP contribution is -2.45. The Kier molecular flexibility index (Phi) is 9.04. The van der Waals surface area contributed by atoms with Gasteiger partial charge in [0, 0.05) is 31.9 Å². The number of halogens is 1. The van der Waals surface area contributed by atoms with Gasteiger partial charge >= 0.3 is 0 Å². The second-order valence-electron chi connectivity index (χ2n) is 5.62. The number of thioether (sulfide) groups is 1. The minimum absolute atomic E-state index is 0. The average Bonchev–Trinajstić information content (AvgIpc) is 2.60. The van der Waals surface area contributed by atoms with Crippen molar-refractivity contribution in [2.24, 2.45) is 4.99 Å². The van der Waals surface area contributed by atoms with Crippen LogP contribution in [0.2, 0.25) is 0 Å². The second kappa shape index (κ2) is 10.2. The van der Waals surface area contributed by atoms with Gasteiger partial charge < -0.3 is 19.7 Å². The van der Waals surface area contributed by atoms with Gasteiger partial charge in [-0.05, 0) is 35.9 Å². The molecule has 0 aromatic heterocycles. The summed E-state index contributed by atoms with van der Waals surface area (Å²) in [6.45, 7) is 4.93. The molecular formula is C17H28IN3O2S. The summed E-state index contributed by atoms with van der Waals surface area (Å²) < 4.78 is 10.8. The smallest absolute Gasteiger partial charge is 0.193 e. The number of hydrogen-bond acceptors (Lipinski definition) is 4. The topological polar surface area (TPSA) is 46.1 Å². The molecule has 1 aromatic carbocycles. The van der Waals surface area contributed by atoms with E-state index >= 15 is 0 Å². The van der Waals surface area contributed by atoms with E-state index < -0.39 is 0 Å². The van der Waals surface area contributed by atoms with E-state index in [0.717, 1.165) is 43.5 Å². The van der Waals surface area contributed by atoms with E-state index in [1.165, 1.54) is 11.1 Å².